The molecule has 2 heterocycles. The van der Waals surface area contributed by atoms with Gasteiger partial charge in [-0.2, -0.15) is 5.26 Å². The summed E-state index contributed by atoms with van der Waals surface area (Å²) in [5.41, 5.74) is 3.99. The Hall–Kier alpha value is -3.93. The van der Waals surface area contributed by atoms with Crippen LogP contribution in [-0.2, 0) is 10.6 Å². The van der Waals surface area contributed by atoms with Crippen molar-refractivity contribution in [1.29, 1.82) is 5.26 Å². The van der Waals surface area contributed by atoms with Gasteiger partial charge in [-0.15, -0.1) is 0 Å². The van der Waals surface area contributed by atoms with E-state index in [1.807, 2.05) is 61.7 Å². The number of aryl methyl sites for hydroxylation is 1. The summed E-state index contributed by atoms with van der Waals surface area (Å²) in [6.07, 6.45) is 9.12. The minimum atomic E-state index is -1.13. The third-order valence-electron chi connectivity index (χ3n) is 6.22. The molecule has 8 heteroatoms. The molecule has 4 rings (SSSR count). The highest BCUT2D eigenvalue weighted by Crippen LogP contribution is 2.31. The molecule has 0 amide bonds. The zero-order valence-corrected chi connectivity index (χ0v) is 22.2. The molecule has 0 aliphatic carbocycles. The number of benzene rings is 2. The smallest absolute Gasteiger partial charge is 0.239 e. The van der Waals surface area contributed by atoms with E-state index in [0.29, 0.717) is 12.1 Å². The average Bonchev–Trinajstić information content (AvgIpc) is 3.39. The summed E-state index contributed by atoms with van der Waals surface area (Å²) in [6, 6.07) is 15.2. The fourth-order valence-corrected chi connectivity index (χ4v) is 4.21. The molecule has 0 spiro atoms. The number of ether oxygens (including phenoxy) is 1. The molecule has 0 radical (unpaired) electrons. The lowest BCUT2D eigenvalue weighted by molar-refractivity contribution is -0.179. The van der Waals surface area contributed by atoms with Crippen LogP contribution in [-0.4, -0.2) is 53.1 Å². The third-order valence-corrected chi connectivity index (χ3v) is 6.22. The molecule has 194 valence electrons. The van der Waals surface area contributed by atoms with E-state index in [1.54, 1.807) is 43.9 Å². The fourth-order valence-electron chi connectivity index (χ4n) is 4.21. The molecule has 1 aliphatic rings. The number of hydrogen-bond donors (Lipinski definition) is 1. The first-order chi connectivity index (χ1) is 18.0. The van der Waals surface area contributed by atoms with Crippen LogP contribution in [0.4, 0.5) is 0 Å². The van der Waals surface area contributed by atoms with Gasteiger partial charge in [-0.3, -0.25) is 4.90 Å². The minimum Gasteiger partial charge on any atom is -0.495 e. The highest BCUT2D eigenvalue weighted by Gasteiger charge is 2.39. The summed E-state index contributed by atoms with van der Waals surface area (Å²) >= 11 is 0. The van der Waals surface area contributed by atoms with Crippen molar-refractivity contribution in [3.05, 3.63) is 82.9 Å². The number of nitrogens with zero attached hydrogens (tertiary/aromatic N) is 5. The third kappa shape index (κ3) is 6.26. The van der Waals surface area contributed by atoms with Gasteiger partial charge in [0.2, 0.25) is 5.72 Å². The molecule has 8 nitrogen and oxygen atoms in total. The Balaban J connectivity index is 0.00000186. The lowest BCUT2D eigenvalue weighted by atomic mass is 10.00. The Kier molecular flexibility index (Phi) is 9.61. The number of aromatic nitrogens is 2. The second kappa shape index (κ2) is 12.9. The van der Waals surface area contributed by atoms with Crippen molar-refractivity contribution >= 4 is 12.3 Å². The lowest BCUT2D eigenvalue weighted by Gasteiger charge is -2.37. The molecular formula is C29H35N5O3. The maximum Gasteiger partial charge on any atom is 0.239 e. The predicted octanol–water partition coefficient (Wildman–Crippen LogP) is 5.04. The molecule has 1 aliphatic heterocycles. The number of aliphatic hydroxyl groups excluding tert-OH is 1. The van der Waals surface area contributed by atoms with Gasteiger partial charge in [0.1, 0.15) is 12.4 Å². The number of nitriles is 1. The van der Waals surface area contributed by atoms with Crippen molar-refractivity contribution in [3.8, 4) is 17.5 Å². The van der Waals surface area contributed by atoms with Crippen molar-refractivity contribution in [2.24, 2.45) is 5.16 Å². The fraction of sp³-hybridized carbons (Fsp3) is 0.345. The predicted molar refractivity (Wildman–Crippen MR) is 146 cm³/mol. The number of hydrogen-bond acceptors (Lipinski definition) is 7. The van der Waals surface area contributed by atoms with Gasteiger partial charge in [-0.1, -0.05) is 37.2 Å². The highest BCUT2D eigenvalue weighted by molar-refractivity contribution is 5.85. The van der Waals surface area contributed by atoms with Crippen molar-refractivity contribution < 1.29 is 14.7 Å². The van der Waals surface area contributed by atoms with E-state index in [9.17, 15) is 5.11 Å². The van der Waals surface area contributed by atoms with Gasteiger partial charge in [-0.05, 0) is 68.3 Å². The van der Waals surface area contributed by atoms with Crippen LogP contribution in [0, 0.1) is 18.3 Å². The van der Waals surface area contributed by atoms with Crippen LogP contribution in [0.2, 0.25) is 0 Å². The molecular weight excluding hydrogens is 466 g/mol. The van der Waals surface area contributed by atoms with Crippen LogP contribution in [0.25, 0.3) is 11.8 Å². The Morgan fingerprint density at radius 3 is 2.59 bits per heavy atom. The van der Waals surface area contributed by atoms with E-state index in [2.05, 4.69) is 22.3 Å². The minimum absolute atomic E-state index is 0.280. The molecule has 0 bridgehead atoms. The average molecular weight is 502 g/mol. The van der Waals surface area contributed by atoms with Crippen molar-refractivity contribution in [2.45, 2.75) is 39.3 Å². The van der Waals surface area contributed by atoms with Gasteiger partial charge in [0, 0.05) is 18.3 Å². The van der Waals surface area contributed by atoms with Crippen molar-refractivity contribution in [1.82, 2.24) is 14.5 Å². The standard InChI is InChI=1S/C27H29N5O3.C2H6/c1-20-17-32(19-29-20)25-11-8-22(14-26(25)34-3)13-23-5-4-12-31(2)27(18-33,35-30-16-23)24-9-6-21(15-28)7-10-24;1-2/h6-11,13-14,16-17,19,33H,4-5,12,18H2,1-3H3;1-2H3/b23-13+,30-16+;. The van der Waals surface area contributed by atoms with E-state index < -0.39 is 5.72 Å². The van der Waals surface area contributed by atoms with Gasteiger partial charge in [0.15, 0.2) is 0 Å². The maximum atomic E-state index is 10.3. The van der Waals surface area contributed by atoms with Crippen LogP contribution >= 0.6 is 0 Å². The topological polar surface area (TPSA) is 95.9 Å². The maximum absolute atomic E-state index is 10.3. The van der Waals surface area contributed by atoms with Crippen molar-refractivity contribution in [3.63, 3.8) is 0 Å². The van der Waals surface area contributed by atoms with Gasteiger partial charge in [0.25, 0.3) is 0 Å². The summed E-state index contributed by atoms with van der Waals surface area (Å²) in [4.78, 5) is 12.2. The van der Waals surface area contributed by atoms with E-state index in [4.69, 9.17) is 14.8 Å². The summed E-state index contributed by atoms with van der Waals surface area (Å²) in [7, 11) is 3.56. The van der Waals surface area contributed by atoms with Crippen LogP contribution in [0.3, 0.4) is 0 Å². The number of allylic oxidation sites excluding steroid dienone is 1. The quantitative estimate of drug-likeness (QED) is 0.526. The molecule has 2 aromatic carbocycles. The monoisotopic (exact) mass is 501 g/mol. The number of imidazole rings is 1. The molecule has 3 aromatic rings. The van der Waals surface area contributed by atoms with Gasteiger partial charge < -0.3 is 19.2 Å². The van der Waals surface area contributed by atoms with E-state index in [0.717, 1.165) is 46.7 Å². The summed E-state index contributed by atoms with van der Waals surface area (Å²) in [5.74, 6) is 0.743. The number of rotatable bonds is 5. The first-order valence-corrected chi connectivity index (χ1v) is 12.4. The summed E-state index contributed by atoms with van der Waals surface area (Å²) < 4.78 is 7.57. The van der Waals surface area contributed by atoms with Crippen LogP contribution in [0.15, 0.2) is 65.7 Å². The van der Waals surface area contributed by atoms with Crippen molar-refractivity contribution in [2.75, 3.05) is 27.3 Å². The second-order valence-electron chi connectivity index (χ2n) is 8.56. The van der Waals surface area contributed by atoms with E-state index in [1.165, 1.54) is 0 Å². The SMILES string of the molecule is CC.COc1cc(/C=C2/C=N/OC(CO)(c3ccc(C#N)cc3)N(C)CCC2)ccc1-n1cnc(C)c1. The first-order valence-electron chi connectivity index (χ1n) is 12.4. The molecule has 0 fully saturated rings. The van der Waals surface area contributed by atoms with Crippen LogP contribution in [0.5, 0.6) is 5.75 Å². The van der Waals surface area contributed by atoms with Gasteiger partial charge >= 0.3 is 0 Å². The molecule has 0 saturated carbocycles. The van der Waals surface area contributed by atoms with E-state index >= 15 is 0 Å². The van der Waals surface area contributed by atoms with Gasteiger partial charge in [-0.25, -0.2) is 4.98 Å². The zero-order chi connectivity index (χ0) is 26.8. The number of oxime groups is 1. The number of likely N-dealkylation sites (N-methyl/N-ethyl adjacent to an activating group) is 1. The summed E-state index contributed by atoms with van der Waals surface area (Å²) in [5, 5.41) is 23.7. The second-order valence-corrected chi connectivity index (χ2v) is 8.56. The molecule has 1 N–H and O–H groups in total. The molecule has 1 unspecified atom stereocenters. The Morgan fingerprint density at radius 1 is 1.22 bits per heavy atom. The lowest BCUT2D eigenvalue weighted by Crippen LogP contribution is -2.48. The molecule has 37 heavy (non-hydrogen) atoms. The zero-order valence-electron chi connectivity index (χ0n) is 22.2. The summed E-state index contributed by atoms with van der Waals surface area (Å²) in [6.45, 7) is 6.35. The Labute approximate surface area is 219 Å². The number of methoxy groups -OCH3 is 1. The highest BCUT2D eigenvalue weighted by atomic mass is 16.7. The first kappa shape index (κ1) is 27.7. The van der Waals surface area contributed by atoms with Crippen LogP contribution < -0.4 is 4.74 Å². The number of aliphatic hydroxyl groups is 1. The molecule has 1 aromatic heterocycles. The molecule has 1 atom stereocenters. The van der Waals surface area contributed by atoms with Crippen LogP contribution in [0.1, 0.15) is 49.1 Å². The van der Waals surface area contributed by atoms with E-state index in [-0.39, 0.29) is 6.61 Å². The normalized spacial score (nSPS) is 19.9. The Morgan fingerprint density at radius 2 is 1.97 bits per heavy atom. The molecule has 0 saturated heterocycles. The van der Waals surface area contributed by atoms with Gasteiger partial charge in [0.05, 0.1) is 42.7 Å². The Bertz CT molecular complexity index is 1270. The largest absolute Gasteiger partial charge is 0.495 e.